The van der Waals surface area contributed by atoms with E-state index in [0.29, 0.717) is 0 Å². The first kappa shape index (κ1) is 35.9. The van der Waals surface area contributed by atoms with Crippen LogP contribution in [0.25, 0.3) is 115 Å². The van der Waals surface area contributed by atoms with Gasteiger partial charge in [-0.15, -0.1) is 11.3 Å². The molecule has 0 fully saturated rings. The van der Waals surface area contributed by atoms with Crippen LogP contribution in [0, 0.1) is 0 Å². The summed E-state index contributed by atoms with van der Waals surface area (Å²) in [6, 6.07) is 71.8. The average Bonchev–Trinajstić information content (AvgIpc) is 3.89. The van der Waals surface area contributed by atoms with Crippen LogP contribution in [-0.2, 0) is 0 Å². The molecule has 0 N–H and O–H groups in total. The molecular weight excluding hydrogens is 773 g/mol. The molecule has 0 spiro atoms. The number of benzene rings is 7. The molecule has 0 radical (unpaired) electrons. The molecule has 5 heteroatoms. The van der Waals surface area contributed by atoms with E-state index in [4.69, 9.17) is 15.0 Å². The van der Waals surface area contributed by atoms with Crippen LogP contribution < -0.4 is 0 Å². The van der Waals surface area contributed by atoms with Gasteiger partial charge in [0.05, 0.1) is 28.1 Å². The van der Waals surface area contributed by atoms with Gasteiger partial charge in [-0.25, -0.2) is 0 Å². The normalized spacial score (nSPS) is 11.5. The third-order valence-electron chi connectivity index (χ3n) is 12.0. The average molecular weight is 809 g/mol. The molecule has 12 rings (SSSR count). The van der Waals surface area contributed by atoms with Gasteiger partial charge in [-0.2, -0.15) is 0 Å². The molecule has 62 heavy (non-hydrogen) atoms. The van der Waals surface area contributed by atoms with Crippen LogP contribution in [0.5, 0.6) is 0 Å². The topological polar surface area (TPSA) is 43.6 Å². The van der Waals surface area contributed by atoms with Crippen LogP contribution >= 0.6 is 11.3 Å². The van der Waals surface area contributed by atoms with Crippen LogP contribution in [-0.4, -0.2) is 19.5 Å². The standard InChI is InChI=1S/C57H36N4S/c1-4-16-44(51-19-7-10-30-58-51)41(13-1)37-22-26-54-47(33-37)48-34-38(42-14-2-5-17-45(42)52-20-8-11-31-59-52)23-27-55(48)61(54)40-25-29-57-50(36-40)49-35-39(24-28-56(49)62-57)43-15-3-6-18-46(43)53-21-9-12-32-60-53/h1-36H. The van der Waals surface area contributed by atoms with Crippen LogP contribution in [0.3, 0.4) is 0 Å². The maximum absolute atomic E-state index is 4.74. The molecule has 0 unspecified atom stereocenters. The van der Waals surface area contributed by atoms with Gasteiger partial charge >= 0.3 is 0 Å². The van der Waals surface area contributed by atoms with Crippen LogP contribution in [0.2, 0.25) is 0 Å². The Kier molecular flexibility index (Phi) is 8.65. The van der Waals surface area contributed by atoms with E-state index < -0.39 is 0 Å². The zero-order valence-electron chi connectivity index (χ0n) is 33.5. The molecule has 0 aliphatic rings. The number of nitrogens with zero attached hydrogens (tertiary/aromatic N) is 4. The number of fused-ring (bicyclic) bond motifs is 6. The molecule has 0 bridgehead atoms. The fourth-order valence-electron chi connectivity index (χ4n) is 9.15. The molecule has 4 nitrogen and oxygen atoms in total. The Morgan fingerprint density at radius 3 is 1.11 bits per heavy atom. The van der Waals surface area contributed by atoms with E-state index in [1.165, 1.54) is 42.1 Å². The van der Waals surface area contributed by atoms with Crippen molar-refractivity contribution >= 4 is 53.3 Å². The van der Waals surface area contributed by atoms with Crippen molar-refractivity contribution in [3.05, 3.63) is 219 Å². The lowest BCUT2D eigenvalue weighted by molar-refractivity contribution is 1.19. The molecule has 0 amide bonds. The Balaban J connectivity index is 1.06. The van der Waals surface area contributed by atoms with Crippen molar-refractivity contribution in [3.63, 3.8) is 0 Å². The summed E-state index contributed by atoms with van der Waals surface area (Å²) in [4.78, 5) is 14.2. The summed E-state index contributed by atoms with van der Waals surface area (Å²) in [7, 11) is 0. The third-order valence-corrected chi connectivity index (χ3v) is 13.2. The quantitative estimate of drug-likeness (QED) is 0.161. The number of hydrogen-bond donors (Lipinski definition) is 0. The molecule has 0 atom stereocenters. The predicted octanol–water partition coefficient (Wildman–Crippen LogP) is 15.3. The minimum Gasteiger partial charge on any atom is -0.309 e. The molecule has 0 saturated heterocycles. The van der Waals surface area contributed by atoms with Gasteiger partial charge in [0.1, 0.15) is 0 Å². The molecular formula is C57H36N4S. The lowest BCUT2D eigenvalue weighted by Crippen LogP contribution is -1.94. The van der Waals surface area contributed by atoms with Crippen molar-refractivity contribution in [1.82, 2.24) is 19.5 Å². The van der Waals surface area contributed by atoms with Crippen molar-refractivity contribution in [2.24, 2.45) is 0 Å². The van der Waals surface area contributed by atoms with Gasteiger partial charge in [0.25, 0.3) is 0 Å². The lowest BCUT2D eigenvalue weighted by Gasteiger charge is -2.12. The van der Waals surface area contributed by atoms with E-state index in [1.807, 2.05) is 48.1 Å². The zero-order chi connectivity index (χ0) is 41.0. The first-order chi connectivity index (χ1) is 30.7. The summed E-state index contributed by atoms with van der Waals surface area (Å²) < 4.78 is 4.98. The monoisotopic (exact) mass is 808 g/mol. The highest BCUT2D eigenvalue weighted by atomic mass is 32.1. The second-order valence-corrected chi connectivity index (χ2v) is 16.7. The number of rotatable bonds is 7. The second kappa shape index (κ2) is 14.9. The molecule has 0 aliphatic carbocycles. The molecule has 7 aromatic carbocycles. The van der Waals surface area contributed by atoms with E-state index in [2.05, 4.69) is 187 Å². The maximum atomic E-state index is 4.74. The number of aromatic nitrogens is 4. The second-order valence-electron chi connectivity index (χ2n) is 15.6. The molecule has 0 aliphatic heterocycles. The SMILES string of the molecule is c1ccc(-c2ccccc2-c2ccc3sc4ccc(-n5c6ccc(-c7ccccc7-c7ccccn7)cc6c6cc(-c7ccccc7-c7ccccn7)ccc65)cc4c3c2)nc1. The third kappa shape index (κ3) is 6.09. The Labute approximate surface area is 362 Å². The molecule has 5 aromatic heterocycles. The van der Waals surface area contributed by atoms with Crippen LogP contribution in [0.1, 0.15) is 0 Å². The van der Waals surface area contributed by atoms with Crippen molar-refractivity contribution in [2.45, 2.75) is 0 Å². The number of pyridine rings is 3. The van der Waals surface area contributed by atoms with Gasteiger partial charge < -0.3 is 4.57 Å². The minimum atomic E-state index is 0.957. The number of thiophene rings is 1. The summed E-state index contributed by atoms with van der Waals surface area (Å²) in [5.74, 6) is 0. The van der Waals surface area contributed by atoms with E-state index in [1.54, 1.807) is 0 Å². The summed E-state index contributed by atoms with van der Waals surface area (Å²) in [6.45, 7) is 0. The van der Waals surface area contributed by atoms with Gasteiger partial charge in [-0.3, -0.25) is 15.0 Å². The first-order valence-electron chi connectivity index (χ1n) is 20.8. The summed E-state index contributed by atoms with van der Waals surface area (Å²) in [6.07, 6.45) is 5.59. The molecule has 5 heterocycles. The van der Waals surface area contributed by atoms with Crippen molar-refractivity contribution < 1.29 is 0 Å². The van der Waals surface area contributed by atoms with Gasteiger partial charge in [-0.05, 0) is 124 Å². The highest BCUT2D eigenvalue weighted by Gasteiger charge is 2.19. The Morgan fingerprint density at radius 1 is 0.306 bits per heavy atom. The van der Waals surface area contributed by atoms with Crippen LogP contribution in [0.15, 0.2) is 219 Å². The predicted molar refractivity (Wildman–Crippen MR) is 260 cm³/mol. The minimum absolute atomic E-state index is 0.957. The molecule has 12 aromatic rings. The fourth-order valence-corrected chi connectivity index (χ4v) is 10.2. The summed E-state index contributed by atoms with van der Waals surface area (Å²) in [5, 5.41) is 4.88. The first-order valence-corrected chi connectivity index (χ1v) is 21.6. The van der Waals surface area contributed by atoms with E-state index in [0.717, 1.165) is 72.7 Å². The van der Waals surface area contributed by atoms with E-state index in [-0.39, 0.29) is 0 Å². The van der Waals surface area contributed by atoms with E-state index in [9.17, 15) is 0 Å². The summed E-state index contributed by atoms with van der Waals surface area (Å²) >= 11 is 1.85. The molecule has 290 valence electrons. The van der Waals surface area contributed by atoms with Crippen molar-refractivity contribution in [2.75, 3.05) is 0 Å². The van der Waals surface area contributed by atoms with Crippen molar-refractivity contribution in [1.29, 1.82) is 0 Å². The van der Waals surface area contributed by atoms with Gasteiger partial charge in [-0.1, -0.05) is 109 Å². The highest BCUT2D eigenvalue weighted by molar-refractivity contribution is 7.25. The largest absolute Gasteiger partial charge is 0.309 e. The number of hydrogen-bond acceptors (Lipinski definition) is 4. The molecule has 0 saturated carbocycles. The van der Waals surface area contributed by atoms with Gasteiger partial charge in [0.2, 0.25) is 0 Å². The van der Waals surface area contributed by atoms with E-state index >= 15 is 0 Å². The zero-order valence-corrected chi connectivity index (χ0v) is 34.3. The summed E-state index contributed by atoms with van der Waals surface area (Å²) in [5.41, 5.74) is 16.6. The Bertz CT molecular complexity index is 3490. The Hall–Kier alpha value is -7.99. The van der Waals surface area contributed by atoms with Gasteiger partial charge in [0, 0.05) is 71.9 Å². The van der Waals surface area contributed by atoms with Crippen molar-refractivity contribution in [3.8, 4) is 72.8 Å². The maximum Gasteiger partial charge on any atom is 0.0708 e. The fraction of sp³-hybridized carbons (Fsp3) is 0. The smallest absolute Gasteiger partial charge is 0.0708 e. The van der Waals surface area contributed by atoms with Gasteiger partial charge in [0.15, 0.2) is 0 Å². The Morgan fingerprint density at radius 2 is 0.677 bits per heavy atom. The highest BCUT2D eigenvalue weighted by Crippen LogP contribution is 2.43. The van der Waals surface area contributed by atoms with Crippen LogP contribution in [0.4, 0.5) is 0 Å². The lowest BCUT2D eigenvalue weighted by atomic mass is 9.94.